The van der Waals surface area contributed by atoms with Crippen LogP contribution in [0, 0.1) is 6.92 Å². The molecule has 0 heterocycles. The number of benzene rings is 1. The standard InChI is InChI=1S/C15H22O2S/c1-3-4-5-6-7-11-18-14-10-8-9-13(12(14)2)15(16)17/h8-10H,3-7,11H2,1-2H3,(H,16,17). The van der Waals surface area contributed by atoms with E-state index in [4.69, 9.17) is 5.11 Å². The fourth-order valence-electron chi connectivity index (χ4n) is 1.89. The third-order valence-electron chi connectivity index (χ3n) is 3.02. The van der Waals surface area contributed by atoms with Crippen LogP contribution in [0.3, 0.4) is 0 Å². The molecule has 0 saturated heterocycles. The highest BCUT2D eigenvalue weighted by molar-refractivity contribution is 7.99. The summed E-state index contributed by atoms with van der Waals surface area (Å²) in [5.41, 5.74) is 1.31. The summed E-state index contributed by atoms with van der Waals surface area (Å²) in [6.07, 6.45) is 6.39. The Morgan fingerprint density at radius 1 is 1.22 bits per heavy atom. The number of carbonyl (C=O) groups is 1. The smallest absolute Gasteiger partial charge is 0.335 e. The van der Waals surface area contributed by atoms with Gasteiger partial charge in [0.05, 0.1) is 5.56 Å². The SMILES string of the molecule is CCCCCCCSc1cccc(C(=O)O)c1C. The van der Waals surface area contributed by atoms with Crippen molar-refractivity contribution in [2.24, 2.45) is 0 Å². The lowest BCUT2D eigenvalue weighted by Crippen LogP contribution is -2.00. The molecule has 0 aromatic heterocycles. The first-order valence-electron chi connectivity index (χ1n) is 6.62. The Labute approximate surface area is 114 Å². The zero-order valence-electron chi connectivity index (χ0n) is 11.2. The summed E-state index contributed by atoms with van der Waals surface area (Å²) >= 11 is 1.77. The molecule has 0 aliphatic heterocycles. The molecule has 1 N–H and O–H groups in total. The molecule has 1 aromatic rings. The lowest BCUT2D eigenvalue weighted by Gasteiger charge is -2.08. The monoisotopic (exact) mass is 266 g/mol. The predicted octanol–water partition coefficient (Wildman–Crippen LogP) is 4.76. The highest BCUT2D eigenvalue weighted by Gasteiger charge is 2.09. The van der Waals surface area contributed by atoms with Crippen molar-refractivity contribution >= 4 is 17.7 Å². The Hall–Kier alpha value is -0.960. The molecule has 0 aliphatic rings. The molecule has 100 valence electrons. The summed E-state index contributed by atoms with van der Waals surface area (Å²) in [5, 5.41) is 9.05. The summed E-state index contributed by atoms with van der Waals surface area (Å²) in [7, 11) is 0. The van der Waals surface area contributed by atoms with Crippen LogP contribution in [0.15, 0.2) is 23.1 Å². The molecule has 0 unspecified atom stereocenters. The maximum Gasteiger partial charge on any atom is 0.335 e. The minimum absolute atomic E-state index is 0.422. The van der Waals surface area contributed by atoms with Crippen molar-refractivity contribution in [2.45, 2.75) is 50.8 Å². The van der Waals surface area contributed by atoms with Crippen molar-refractivity contribution < 1.29 is 9.90 Å². The van der Waals surface area contributed by atoms with Gasteiger partial charge in [0, 0.05) is 4.90 Å². The van der Waals surface area contributed by atoms with Gasteiger partial charge in [0.2, 0.25) is 0 Å². The molecule has 3 heteroatoms. The van der Waals surface area contributed by atoms with E-state index < -0.39 is 5.97 Å². The summed E-state index contributed by atoms with van der Waals surface area (Å²) in [6, 6.07) is 5.51. The molecule has 18 heavy (non-hydrogen) atoms. The molecule has 0 fully saturated rings. The fourth-order valence-corrected chi connectivity index (χ4v) is 2.96. The van der Waals surface area contributed by atoms with Crippen molar-refractivity contribution in [3.8, 4) is 0 Å². The van der Waals surface area contributed by atoms with E-state index in [9.17, 15) is 4.79 Å². The van der Waals surface area contributed by atoms with Gasteiger partial charge in [-0.05, 0) is 36.8 Å². The van der Waals surface area contributed by atoms with Crippen LogP contribution < -0.4 is 0 Å². The zero-order valence-corrected chi connectivity index (χ0v) is 12.1. The molecule has 2 nitrogen and oxygen atoms in total. The van der Waals surface area contributed by atoms with Crippen molar-refractivity contribution in [1.29, 1.82) is 0 Å². The summed E-state index contributed by atoms with van der Waals surface area (Å²) in [6.45, 7) is 4.11. The molecule has 0 spiro atoms. The summed E-state index contributed by atoms with van der Waals surface area (Å²) < 4.78 is 0. The van der Waals surface area contributed by atoms with Gasteiger partial charge in [-0.2, -0.15) is 0 Å². The minimum atomic E-state index is -0.835. The second-order valence-electron chi connectivity index (χ2n) is 4.50. The minimum Gasteiger partial charge on any atom is -0.478 e. The molecule has 1 rings (SSSR count). The average molecular weight is 266 g/mol. The highest BCUT2D eigenvalue weighted by Crippen LogP contribution is 2.26. The third kappa shape index (κ3) is 4.73. The van der Waals surface area contributed by atoms with Gasteiger partial charge in [0.25, 0.3) is 0 Å². The Bertz CT molecular complexity index is 388. The van der Waals surface area contributed by atoms with Gasteiger partial charge in [-0.3, -0.25) is 0 Å². The molecule has 0 radical (unpaired) electrons. The number of carboxylic acids is 1. The van der Waals surface area contributed by atoms with Crippen LogP contribution in [0.5, 0.6) is 0 Å². The summed E-state index contributed by atoms with van der Waals surface area (Å²) in [5.74, 6) is 0.242. The van der Waals surface area contributed by atoms with Gasteiger partial charge in [0.15, 0.2) is 0 Å². The van der Waals surface area contributed by atoms with E-state index >= 15 is 0 Å². The number of thioether (sulfide) groups is 1. The fraction of sp³-hybridized carbons (Fsp3) is 0.533. The Kier molecular flexibility index (Phi) is 6.88. The number of hydrogen-bond acceptors (Lipinski definition) is 2. The van der Waals surface area contributed by atoms with Crippen LogP contribution in [0.25, 0.3) is 0 Å². The second-order valence-corrected chi connectivity index (χ2v) is 5.63. The Morgan fingerprint density at radius 3 is 2.61 bits per heavy atom. The van der Waals surface area contributed by atoms with Gasteiger partial charge < -0.3 is 5.11 Å². The molecule has 0 bridgehead atoms. The van der Waals surface area contributed by atoms with Crippen LogP contribution in [0.4, 0.5) is 0 Å². The Balaban J connectivity index is 2.43. The van der Waals surface area contributed by atoms with Crippen LogP contribution >= 0.6 is 11.8 Å². The predicted molar refractivity (Wildman–Crippen MR) is 77.6 cm³/mol. The number of hydrogen-bond donors (Lipinski definition) is 1. The molecule has 0 amide bonds. The maximum absolute atomic E-state index is 11.0. The van der Waals surface area contributed by atoms with E-state index in [1.807, 2.05) is 19.1 Å². The van der Waals surface area contributed by atoms with E-state index in [2.05, 4.69) is 6.92 Å². The highest BCUT2D eigenvalue weighted by atomic mass is 32.2. The molecule has 0 atom stereocenters. The first kappa shape index (κ1) is 15.1. The van der Waals surface area contributed by atoms with E-state index in [0.29, 0.717) is 5.56 Å². The van der Waals surface area contributed by atoms with Gasteiger partial charge in [-0.1, -0.05) is 38.7 Å². The normalized spacial score (nSPS) is 10.6. The molecular weight excluding hydrogens is 244 g/mol. The van der Waals surface area contributed by atoms with Crippen LogP contribution in [-0.4, -0.2) is 16.8 Å². The van der Waals surface area contributed by atoms with Gasteiger partial charge in [0.1, 0.15) is 0 Å². The number of rotatable bonds is 8. The van der Waals surface area contributed by atoms with Crippen LogP contribution in [0.2, 0.25) is 0 Å². The number of aromatic carboxylic acids is 1. The van der Waals surface area contributed by atoms with Crippen molar-refractivity contribution in [2.75, 3.05) is 5.75 Å². The van der Waals surface area contributed by atoms with E-state index in [-0.39, 0.29) is 0 Å². The quantitative estimate of drug-likeness (QED) is 0.544. The van der Waals surface area contributed by atoms with Crippen LogP contribution in [-0.2, 0) is 0 Å². The molecule has 0 aliphatic carbocycles. The number of unbranched alkanes of at least 4 members (excludes halogenated alkanes) is 4. The van der Waals surface area contributed by atoms with Crippen LogP contribution in [0.1, 0.15) is 54.9 Å². The Morgan fingerprint density at radius 2 is 1.94 bits per heavy atom. The molecule has 0 saturated carbocycles. The average Bonchev–Trinajstić information content (AvgIpc) is 2.35. The largest absolute Gasteiger partial charge is 0.478 e. The third-order valence-corrected chi connectivity index (χ3v) is 4.27. The van der Waals surface area contributed by atoms with Gasteiger partial charge >= 0.3 is 5.97 Å². The topological polar surface area (TPSA) is 37.3 Å². The number of carboxylic acid groups (broad SMARTS) is 1. The molecular formula is C15H22O2S. The molecule has 1 aromatic carbocycles. The first-order valence-corrected chi connectivity index (χ1v) is 7.61. The van der Waals surface area contributed by atoms with Crippen molar-refractivity contribution in [3.63, 3.8) is 0 Å². The van der Waals surface area contributed by atoms with Crippen molar-refractivity contribution in [1.82, 2.24) is 0 Å². The van der Waals surface area contributed by atoms with Crippen molar-refractivity contribution in [3.05, 3.63) is 29.3 Å². The van der Waals surface area contributed by atoms with E-state index in [1.165, 1.54) is 32.1 Å². The lowest BCUT2D eigenvalue weighted by atomic mass is 10.1. The van der Waals surface area contributed by atoms with E-state index in [1.54, 1.807) is 17.8 Å². The first-order chi connectivity index (χ1) is 8.66. The summed E-state index contributed by atoms with van der Waals surface area (Å²) in [4.78, 5) is 12.1. The van der Waals surface area contributed by atoms with E-state index in [0.717, 1.165) is 16.2 Å². The lowest BCUT2D eigenvalue weighted by molar-refractivity contribution is 0.0696. The maximum atomic E-state index is 11.0. The van der Waals surface area contributed by atoms with Gasteiger partial charge in [-0.15, -0.1) is 11.8 Å². The van der Waals surface area contributed by atoms with Gasteiger partial charge in [-0.25, -0.2) is 4.79 Å². The zero-order chi connectivity index (χ0) is 13.4. The second kappa shape index (κ2) is 8.20.